The monoisotopic (exact) mass is 538 g/mol. The fraction of sp³-hybridized carbons (Fsp3) is 0.577. The van der Waals surface area contributed by atoms with Gasteiger partial charge in [-0.05, 0) is 57.2 Å². The zero-order valence-electron chi connectivity index (χ0n) is 22.2. The SMILES string of the molecule is CC(C)C(NC(=O)CCCCNC(=O)CCl)C(=O)NCC(=O)Nc1ccc(COC(=O)C(C)(C)C)cc1. The van der Waals surface area contributed by atoms with Crippen LogP contribution in [-0.4, -0.2) is 54.6 Å². The molecule has 10 nitrogen and oxygen atoms in total. The summed E-state index contributed by atoms with van der Waals surface area (Å²) in [5.74, 6) is -2.01. The number of hydrogen-bond donors (Lipinski definition) is 4. The van der Waals surface area contributed by atoms with Gasteiger partial charge in [0.2, 0.25) is 23.6 Å². The van der Waals surface area contributed by atoms with E-state index >= 15 is 0 Å². The van der Waals surface area contributed by atoms with Crippen LogP contribution < -0.4 is 21.3 Å². The third kappa shape index (κ3) is 13.1. The summed E-state index contributed by atoms with van der Waals surface area (Å²) in [5.41, 5.74) is 0.723. The molecule has 1 atom stereocenters. The van der Waals surface area contributed by atoms with Gasteiger partial charge in [-0.25, -0.2) is 0 Å². The lowest BCUT2D eigenvalue weighted by Gasteiger charge is -2.21. The molecule has 0 aliphatic carbocycles. The van der Waals surface area contributed by atoms with Gasteiger partial charge < -0.3 is 26.0 Å². The lowest BCUT2D eigenvalue weighted by Crippen LogP contribution is -2.51. The van der Waals surface area contributed by atoms with Crippen molar-refractivity contribution >= 4 is 46.9 Å². The van der Waals surface area contributed by atoms with Crippen molar-refractivity contribution in [3.05, 3.63) is 29.8 Å². The molecule has 1 aromatic rings. The van der Waals surface area contributed by atoms with Crippen LogP contribution in [-0.2, 0) is 35.3 Å². The van der Waals surface area contributed by atoms with E-state index in [1.54, 1.807) is 58.9 Å². The maximum absolute atomic E-state index is 12.6. The van der Waals surface area contributed by atoms with Crippen molar-refractivity contribution in [1.29, 1.82) is 0 Å². The predicted octanol–water partition coefficient (Wildman–Crippen LogP) is 2.50. The molecule has 4 N–H and O–H groups in total. The molecule has 37 heavy (non-hydrogen) atoms. The van der Waals surface area contributed by atoms with Crippen LogP contribution in [0.4, 0.5) is 5.69 Å². The molecule has 0 spiro atoms. The summed E-state index contributed by atoms with van der Waals surface area (Å²) in [5, 5.41) is 10.6. The van der Waals surface area contributed by atoms with E-state index in [2.05, 4.69) is 21.3 Å². The molecule has 0 aromatic heterocycles. The number of nitrogens with one attached hydrogen (secondary N) is 4. The van der Waals surface area contributed by atoms with Crippen LogP contribution in [0.2, 0.25) is 0 Å². The van der Waals surface area contributed by atoms with Crippen LogP contribution in [0.25, 0.3) is 0 Å². The van der Waals surface area contributed by atoms with Gasteiger partial charge in [-0.3, -0.25) is 24.0 Å². The highest BCUT2D eigenvalue weighted by atomic mass is 35.5. The molecule has 0 aliphatic heterocycles. The quantitative estimate of drug-likeness (QED) is 0.163. The van der Waals surface area contributed by atoms with Crippen LogP contribution in [0, 0.1) is 11.3 Å². The van der Waals surface area contributed by atoms with E-state index in [0.717, 1.165) is 5.56 Å². The van der Waals surface area contributed by atoms with Crippen molar-refractivity contribution in [3.8, 4) is 0 Å². The molecular weight excluding hydrogens is 500 g/mol. The van der Waals surface area contributed by atoms with Crippen LogP contribution in [0.3, 0.4) is 0 Å². The average molecular weight is 539 g/mol. The molecule has 1 unspecified atom stereocenters. The first-order valence-corrected chi connectivity index (χ1v) is 12.8. The molecule has 0 radical (unpaired) electrons. The summed E-state index contributed by atoms with van der Waals surface area (Å²) in [6.45, 7) is 9.23. The van der Waals surface area contributed by atoms with Crippen LogP contribution in [0.15, 0.2) is 24.3 Å². The average Bonchev–Trinajstić information content (AvgIpc) is 2.84. The third-order valence-corrected chi connectivity index (χ3v) is 5.43. The Bertz CT molecular complexity index is 928. The van der Waals surface area contributed by atoms with Gasteiger partial charge in [0, 0.05) is 18.7 Å². The molecule has 1 rings (SSSR count). The Morgan fingerprint density at radius 1 is 0.919 bits per heavy atom. The summed E-state index contributed by atoms with van der Waals surface area (Å²) in [4.78, 5) is 60.1. The standard InChI is InChI=1S/C26H39ClN4O6/c1-17(2)23(31-20(32)8-6-7-13-28-21(33)14-27)24(35)29-15-22(34)30-19-11-9-18(10-12-19)16-37-25(36)26(3,4)5/h9-12,17,23H,6-8,13-16H2,1-5H3,(H,28,33)(H,29,35)(H,30,34)(H,31,32). The second-order valence-electron chi connectivity index (χ2n) is 10.0. The zero-order valence-corrected chi connectivity index (χ0v) is 23.0. The molecule has 0 aliphatic rings. The fourth-order valence-corrected chi connectivity index (χ4v) is 3.09. The Balaban J connectivity index is 2.44. The highest BCUT2D eigenvalue weighted by molar-refractivity contribution is 6.27. The van der Waals surface area contributed by atoms with E-state index in [4.69, 9.17) is 16.3 Å². The first-order valence-electron chi connectivity index (χ1n) is 12.3. The van der Waals surface area contributed by atoms with Gasteiger partial charge in [-0.1, -0.05) is 26.0 Å². The molecule has 4 amide bonds. The first-order chi connectivity index (χ1) is 17.3. The van der Waals surface area contributed by atoms with Gasteiger partial charge in [-0.15, -0.1) is 11.6 Å². The van der Waals surface area contributed by atoms with E-state index in [1.165, 1.54) is 0 Å². The van der Waals surface area contributed by atoms with Crippen molar-refractivity contribution in [1.82, 2.24) is 16.0 Å². The number of carbonyl (C=O) groups excluding carboxylic acids is 5. The van der Waals surface area contributed by atoms with Crippen molar-refractivity contribution in [3.63, 3.8) is 0 Å². The molecule has 0 heterocycles. The van der Waals surface area contributed by atoms with E-state index in [0.29, 0.717) is 25.1 Å². The zero-order chi connectivity index (χ0) is 28.0. The van der Waals surface area contributed by atoms with Gasteiger partial charge in [0.25, 0.3) is 0 Å². The number of amides is 4. The predicted molar refractivity (Wildman–Crippen MR) is 142 cm³/mol. The van der Waals surface area contributed by atoms with Gasteiger partial charge in [0.05, 0.1) is 12.0 Å². The number of halogens is 1. The summed E-state index contributed by atoms with van der Waals surface area (Å²) >= 11 is 5.40. The molecule has 0 bridgehead atoms. The molecule has 0 saturated heterocycles. The van der Waals surface area contributed by atoms with E-state index in [9.17, 15) is 24.0 Å². The van der Waals surface area contributed by atoms with Gasteiger partial charge >= 0.3 is 5.97 Å². The number of benzene rings is 1. The Morgan fingerprint density at radius 2 is 1.57 bits per heavy atom. The minimum atomic E-state index is -0.786. The fourth-order valence-electron chi connectivity index (χ4n) is 3.00. The van der Waals surface area contributed by atoms with Gasteiger partial charge in [0.15, 0.2) is 0 Å². The second kappa shape index (κ2) is 15.9. The Hall–Kier alpha value is -3.14. The number of alkyl halides is 1. The number of ether oxygens (including phenoxy) is 1. The van der Waals surface area contributed by atoms with Crippen LogP contribution in [0.1, 0.15) is 59.4 Å². The van der Waals surface area contributed by atoms with Gasteiger partial charge in [0.1, 0.15) is 18.5 Å². The van der Waals surface area contributed by atoms with E-state index < -0.39 is 23.3 Å². The largest absolute Gasteiger partial charge is 0.460 e. The minimum Gasteiger partial charge on any atom is -0.460 e. The lowest BCUT2D eigenvalue weighted by atomic mass is 9.97. The van der Waals surface area contributed by atoms with Crippen LogP contribution >= 0.6 is 11.6 Å². The Morgan fingerprint density at radius 3 is 2.14 bits per heavy atom. The van der Waals surface area contributed by atoms with Crippen molar-refractivity contribution in [2.75, 3.05) is 24.3 Å². The van der Waals surface area contributed by atoms with E-state index in [-0.39, 0.29) is 49.2 Å². The normalized spacial score (nSPS) is 11.9. The van der Waals surface area contributed by atoms with Crippen molar-refractivity contribution in [2.24, 2.45) is 11.3 Å². The Kier molecular flexibility index (Phi) is 13.7. The highest BCUT2D eigenvalue weighted by Gasteiger charge is 2.24. The molecule has 11 heteroatoms. The first kappa shape index (κ1) is 31.9. The number of esters is 1. The van der Waals surface area contributed by atoms with Crippen LogP contribution in [0.5, 0.6) is 0 Å². The minimum absolute atomic E-state index is 0.105. The van der Waals surface area contributed by atoms with Gasteiger partial charge in [-0.2, -0.15) is 0 Å². The maximum atomic E-state index is 12.6. The number of rotatable bonds is 14. The third-order valence-electron chi connectivity index (χ3n) is 5.18. The summed E-state index contributed by atoms with van der Waals surface area (Å²) < 4.78 is 5.27. The molecular formula is C26H39ClN4O6. The number of unbranched alkanes of at least 4 members (excludes halogenated alkanes) is 1. The smallest absolute Gasteiger partial charge is 0.311 e. The highest BCUT2D eigenvalue weighted by Crippen LogP contribution is 2.17. The van der Waals surface area contributed by atoms with Crippen molar-refractivity contribution < 1.29 is 28.7 Å². The lowest BCUT2D eigenvalue weighted by molar-refractivity contribution is -0.154. The summed E-state index contributed by atoms with van der Waals surface area (Å²) in [6, 6.07) is 6.04. The maximum Gasteiger partial charge on any atom is 0.311 e. The van der Waals surface area contributed by atoms with Crippen molar-refractivity contribution in [2.45, 2.75) is 66.5 Å². The topological polar surface area (TPSA) is 143 Å². The summed E-state index contributed by atoms with van der Waals surface area (Å²) in [6.07, 6.45) is 1.36. The van der Waals surface area contributed by atoms with E-state index in [1.807, 2.05) is 0 Å². The Labute approximate surface area is 223 Å². The molecule has 0 saturated carbocycles. The second-order valence-corrected chi connectivity index (χ2v) is 10.3. The number of anilines is 1. The number of hydrogen-bond acceptors (Lipinski definition) is 6. The number of carbonyl (C=O) groups is 5. The molecule has 0 fully saturated rings. The summed E-state index contributed by atoms with van der Waals surface area (Å²) in [7, 11) is 0. The molecule has 206 valence electrons. The molecule has 1 aromatic carbocycles.